The lowest BCUT2D eigenvalue weighted by Crippen LogP contribution is -2.39. The average Bonchev–Trinajstić information content (AvgIpc) is 2.39. The zero-order chi connectivity index (χ0) is 14.9. The molecule has 0 aromatic heterocycles. The quantitative estimate of drug-likeness (QED) is 0.859. The van der Waals surface area contributed by atoms with Gasteiger partial charge in [0.15, 0.2) is 5.78 Å². The minimum Gasteiger partial charge on any atom is -0.368 e. The van der Waals surface area contributed by atoms with E-state index in [1.54, 1.807) is 19.9 Å². The van der Waals surface area contributed by atoms with Gasteiger partial charge in [-0.1, -0.05) is 6.92 Å². The molecule has 20 heavy (non-hydrogen) atoms. The Kier molecular flexibility index (Phi) is 3.58. The molecule has 0 bridgehead atoms. The van der Waals surface area contributed by atoms with Gasteiger partial charge in [-0.05, 0) is 32.4 Å². The zero-order valence-electron chi connectivity index (χ0n) is 11.7. The molecule has 104 valence electrons. The third kappa shape index (κ3) is 2.69. The fraction of sp³-hybridized carbons (Fsp3) is 0.400. The monoisotopic (exact) mass is 273 g/mol. The highest BCUT2D eigenvalue weighted by molar-refractivity contribution is 6.19. The number of hydrogen-bond acceptors (Lipinski definition) is 4. The van der Waals surface area contributed by atoms with Gasteiger partial charge in [-0.3, -0.25) is 9.79 Å². The summed E-state index contributed by atoms with van der Waals surface area (Å²) in [6, 6.07) is 2.07. The first-order chi connectivity index (χ1) is 9.36. The standard InChI is InChI=1S/C15H16FN3O/c1-4-9-7-13(20)11-5-10(19-15(2,3)8-17)6-12(16)14(11)18-9/h5-7,11,19H,4H2,1-3H3. The second kappa shape index (κ2) is 5.04. The van der Waals surface area contributed by atoms with Crippen molar-refractivity contribution in [1.82, 2.24) is 5.32 Å². The Morgan fingerprint density at radius 2 is 2.20 bits per heavy atom. The van der Waals surface area contributed by atoms with Crippen molar-refractivity contribution in [2.45, 2.75) is 32.7 Å². The van der Waals surface area contributed by atoms with Crippen molar-refractivity contribution in [3.8, 4) is 6.07 Å². The molecular formula is C15H16FN3O. The minimum absolute atomic E-state index is 0.162. The van der Waals surface area contributed by atoms with Crippen LogP contribution in [0.4, 0.5) is 4.39 Å². The molecule has 0 aromatic carbocycles. The summed E-state index contributed by atoms with van der Waals surface area (Å²) in [6.07, 6.45) is 4.94. The third-order valence-corrected chi connectivity index (χ3v) is 3.15. The predicted octanol–water partition coefficient (Wildman–Crippen LogP) is 2.56. The first-order valence-electron chi connectivity index (χ1n) is 6.48. The number of halogens is 1. The molecule has 4 nitrogen and oxygen atoms in total. The molecule has 1 heterocycles. The predicted molar refractivity (Wildman–Crippen MR) is 74.4 cm³/mol. The molecule has 1 aliphatic carbocycles. The molecule has 0 saturated heterocycles. The van der Waals surface area contributed by atoms with Gasteiger partial charge in [0.25, 0.3) is 0 Å². The van der Waals surface area contributed by atoms with Gasteiger partial charge in [0, 0.05) is 17.5 Å². The van der Waals surface area contributed by atoms with E-state index in [0.717, 1.165) is 0 Å². The molecule has 1 aliphatic heterocycles. The van der Waals surface area contributed by atoms with Crippen LogP contribution in [0, 0.1) is 17.2 Å². The first-order valence-corrected chi connectivity index (χ1v) is 6.48. The van der Waals surface area contributed by atoms with Gasteiger partial charge in [0.2, 0.25) is 0 Å². The second-order valence-corrected chi connectivity index (χ2v) is 5.34. The summed E-state index contributed by atoms with van der Waals surface area (Å²) in [5.74, 6) is -1.41. The van der Waals surface area contributed by atoms with Gasteiger partial charge in [-0.15, -0.1) is 0 Å². The van der Waals surface area contributed by atoms with E-state index in [9.17, 15) is 9.18 Å². The van der Waals surface area contributed by atoms with Gasteiger partial charge < -0.3 is 5.32 Å². The van der Waals surface area contributed by atoms with Crippen LogP contribution in [-0.2, 0) is 4.79 Å². The number of nitrogens with one attached hydrogen (secondary N) is 1. The normalized spacial score (nSPS) is 21.9. The van der Waals surface area contributed by atoms with Crippen LogP contribution in [0.15, 0.2) is 40.4 Å². The highest BCUT2D eigenvalue weighted by Gasteiger charge is 2.32. The number of carbonyl (C=O) groups excluding carboxylic acids is 1. The van der Waals surface area contributed by atoms with Crippen molar-refractivity contribution in [3.63, 3.8) is 0 Å². The summed E-state index contributed by atoms with van der Waals surface area (Å²) >= 11 is 0. The zero-order valence-corrected chi connectivity index (χ0v) is 11.7. The molecule has 0 radical (unpaired) electrons. The van der Waals surface area contributed by atoms with E-state index in [0.29, 0.717) is 17.8 Å². The van der Waals surface area contributed by atoms with Crippen molar-refractivity contribution >= 4 is 11.5 Å². The van der Waals surface area contributed by atoms with Crippen molar-refractivity contribution in [1.29, 1.82) is 5.26 Å². The van der Waals surface area contributed by atoms with E-state index >= 15 is 0 Å². The summed E-state index contributed by atoms with van der Waals surface area (Å²) in [6.45, 7) is 5.23. The van der Waals surface area contributed by atoms with Crippen LogP contribution < -0.4 is 5.32 Å². The van der Waals surface area contributed by atoms with Crippen molar-refractivity contribution in [2.75, 3.05) is 0 Å². The van der Waals surface area contributed by atoms with Crippen LogP contribution in [0.1, 0.15) is 27.2 Å². The number of hydrogen-bond donors (Lipinski definition) is 1. The lowest BCUT2D eigenvalue weighted by atomic mass is 9.88. The van der Waals surface area contributed by atoms with E-state index in [1.807, 2.05) is 6.92 Å². The first kappa shape index (κ1) is 14.2. The van der Waals surface area contributed by atoms with Crippen LogP contribution in [0.2, 0.25) is 0 Å². The second-order valence-electron chi connectivity index (χ2n) is 5.34. The lowest BCUT2D eigenvalue weighted by Gasteiger charge is -2.26. The lowest BCUT2D eigenvalue weighted by molar-refractivity contribution is -0.115. The smallest absolute Gasteiger partial charge is 0.170 e. The number of aliphatic imine (C=N–C) groups is 1. The van der Waals surface area contributed by atoms with Gasteiger partial charge in [-0.25, -0.2) is 4.39 Å². The van der Waals surface area contributed by atoms with E-state index in [-0.39, 0.29) is 11.5 Å². The SMILES string of the molecule is CCC1=CC(=O)C2C=C(NC(C)(C)C#N)C=C(F)C2=N1. The fourth-order valence-electron chi connectivity index (χ4n) is 2.09. The Hall–Kier alpha value is -2.22. The Morgan fingerprint density at radius 3 is 2.80 bits per heavy atom. The Labute approximate surface area is 117 Å². The van der Waals surface area contributed by atoms with Crippen LogP contribution in [0.25, 0.3) is 0 Å². The minimum atomic E-state index is -0.834. The van der Waals surface area contributed by atoms with Crippen molar-refractivity contribution in [3.05, 3.63) is 35.4 Å². The summed E-state index contributed by atoms with van der Waals surface area (Å²) in [5, 5.41) is 11.9. The van der Waals surface area contributed by atoms with Crippen LogP contribution in [-0.4, -0.2) is 17.0 Å². The van der Waals surface area contributed by atoms with Crippen LogP contribution in [0.5, 0.6) is 0 Å². The largest absolute Gasteiger partial charge is 0.368 e. The Morgan fingerprint density at radius 1 is 1.50 bits per heavy atom. The maximum absolute atomic E-state index is 14.1. The molecule has 1 atom stereocenters. The molecule has 5 heteroatoms. The van der Waals surface area contributed by atoms with E-state index in [4.69, 9.17) is 5.26 Å². The number of carbonyl (C=O) groups is 1. The molecule has 2 aliphatic rings. The van der Waals surface area contributed by atoms with Gasteiger partial charge in [0.05, 0.1) is 17.7 Å². The number of nitriles is 1. The fourth-order valence-corrected chi connectivity index (χ4v) is 2.09. The topological polar surface area (TPSA) is 65.2 Å². The highest BCUT2D eigenvalue weighted by atomic mass is 19.1. The molecule has 1 N–H and O–H groups in total. The molecule has 0 amide bonds. The molecule has 2 rings (SSSR count). The molecule has 0 aromatic rings. The number of fused-ring (bicyclic) bond motifs is 1. The Bertz CT molecular complexity index is 618. The Balaban J connectivity index is 2.34. The van der Waals surface area contributed by atoms with Crippen molar-refractivity contribution < 1.29 is 9.18 Å². The summed E-state index contributed by atoms with van der Waals surface area (Å²) in [7, 11) is 0. The maximum Gasteiger partial charge on any atom is 0.170 e. The van der Waals surface area contributed by atoms with E-state index in [2.05, 4.69) is 16.4 Å². The van der Waals surface area contributed by atoms with Gasteiger partial charge >= 0.3 is 0 Å². The highest BCUT2D eigenvalue weighted by Crippen LogP contribution is 2.28. The molecule has 1 unspecified atom stereocenters. The average molecular weight is 273 g/mol. The summed E-state index contributed by atoms with van der Waals surface area (Å²) in [5.41, 5.74) is 0.348. The molecular weight excluding hydrogens is 257 g/mol. The van der Waals surface area contributed by atoms with E-state index in [1.165, 1.54) is 12.2 Å². The number of ketones is 1. The third-order valence-electron chi connectivity index (χ3n) is 3.15. The molecule has 0 saturated carbocycles. The number of allylic oxidation sites excluding steroid dienone is 5. The number of rotatable bonds is 3. The van der Waals surface area contributed by atoms with E-state index < -0.39 is 17.3 Å². The van der Waals surface area contributed by atoms with Crippen molar-refractivity contribution in [2.24, 2.45) is 10.9 Å². The molecule has 0 fully saturated rings. The summed E-state index contributed by atoms with van der Waals surface area (Å²) < 4.78 is 14.1. The summed E-state index contributed by atoms with van der Waals surface area (Å²) in [4.78, 5) is 16.2. The van der Waals surface area contributed by atoms with Gasteiger partial charge in [0.1, 0.15) is 11.4 Å². The maximum atomic E-state index is 14.1. The number of nitrogens with zero attached hydrogens (tertiary/aromatic N) is 2. The van der Waals surface area contributed by atoms with Gasteiger partial charge in [-0.2, -0.15) is 5.26 Å². The van der Waals surface area contributed by atoms with Crippen LogP contribution >= 0.6 is 0 Å². The molecule has 0 spiro atoms. The van der Waals surface area contributed by atoms with Crippen LogP contribution in [0.3, 0.4) is 0 Å².